The topological polar surface area (TPSA) is 31.4 Å². The minimum atomic E-state index is -1.48. The molecule has 4 heteroatoms. The van der Waals surface area contributed by atoms with Crippen molar-refractivity contribution in [1.29, 1.82) is 0 Å². The van der Waals surface area contributed by atoms with Crippen molar-refractivity contribution in [2.24, 2.45) is 0 Å². The van der Waals surface area contributed by atoms with Gasteiger partial charge in [0.25, 0.3) is 0 Å². The van der Waals surface area contributed by atoms with Crippen molar-refractivity contribution < 1.29 is 8.85 Å². The second kappa shape index (κ2) is 5.03. The van der Waals surface area contributed by atoms with Crippen LogP contribution in [0.1, 0.15) is 5.69 Å². The average Bonchev–Trinajstić information content (AvgIpc) is 2.16. The van der Waals surface area contributed by atoms with Crippen LogP contribution in [-0.2, 0) is 14.9 Å². The molecule has 0 saturated carbocycles. The monoisotopic (exact) mass is 183 g/mol. The largest absolute Gasteiger partial charge is 0.400 e. The van der Waals surface area contributed by atoms with E-state index in [1.54, 1.807) is 20.4 Å². The predicted molar refractivity (Wildman–Crippen MR) is 49.1 cm³/mol. The fraction of sp³-hybridized carbons (Fsp3) is 0.375. The third kappa shape index (κ3) is 2.73. The molecule has 3 nitrogen and oxygen atoms in total. The van der Waals surface area contributed by atoms with Crippen molar-refractivity contribution >= 4 is 9.28 Å². The van der Waals surface area contributed by atoms with Crippen LogP contribution < -0.4 is 0 Å². The summed E-state index contributed by atoms with van der Waals surface area (Å²) in [6.07, 6.45) is 1.78. The molecule has 0 unspecified atom stereocenters. The van der Waals surface area contributed by atoms with Gasteiger partial charge in [-0.05, 0) is 12.1 Å². The highest BCUT2D eigenvalue weighted by Crippen LogP contribution is 1.98. The van der Waals surface area contributed by atoms with E-state index in [2.05, 4.69) is 4.98 Å². The van der Waals surface area contributed by atoms with E-state index in [4.69, 9.17) is 8.85 Å². The minimum absolute atomic E-state index is 0.827. The van der Waals surface area contributed by atoms with Crippen LogP contribution in [0.2, 0.25) is 0 Å². The van der Waals surface area contributed by atoms with Gasteiger partial charge in [0.2, 0.25) is 0 Å². The first-order chi connectivity index (χ1) is 5.86. The van der Waals surface area contributed by atoms with Gasteiger partial charge in [-0.15, -0.1) is 0 Å². The maximum absolute atomic E-state index is 5.18. The minimum Gasteiger partial charge on any atom is -0.400 e. The molecule has 0 aliphatic carbocycles. The van der Waals surface area contributed by atoms with Crippen molar-refractivity contribution in [1.82, 2.24) is 4.98 Å². The van der Waals surface area contributed by atoms with Crippen LogP contribution in [-0.4, -0.2) is 28.5 Å². The van der Waals surface area contributed by atoms with Gasteiger partial charge in [0.15, 0.2) is 0 Å². The normalized spacial score (nSPS) is 10.6. The molecule has 0 aliphatic heterocycles. The molecule has 0 aromatic carbocycles. The lowest BCUT2D eigenvalue weighted by Crippen LogP contribution is -2.23. The van der Waals surface area contributed by atoms with E-state index >= 15 is 0 Å². The second-order valence-electron chi connectivity index (χ2n) is 2.43. The molecular weight excluding hydrogens is 170 g/mol. The first-order valence-corrected chi connectivity index (χ1v) is 5.58. The summed E-state index contributed by atoms with van der Waals surface area (Å²) in [6.45, 7) is 0. The first kappa shape index (κ1) is 9.38. The average molecular weight is 183 g/mol. The van der Waals surface area contributed by atoms with Crippen LogP contribution in [0.25, 0.3) is 0 Å². The lowest BCUT2D eigenvalue weighted by Gasteiger charge is -2.09. The van der Waals surface area contributed by atoms with Crippen LogP contribution in [0, 0.1) is 0 Å². The smallest absolute Gasteiger partial charge is 0.326 e. The van der Waals surface area contributed by atoms with E-state index in [1.807, 2.05) is 18.2 Å². The van der Waals surface area contributed by atoms with Gasteiger partial charge in [-0.1, -0.05) is 6.07 Å². The highest BCUT2D eigenvalue weighted by atomic mass is 28.3. The van der Waals surface area contributed by atoms with Gasteiger partial charge >= 0.3 is 9.28 Å². The summed E-state index contributed by atoms with van der Waals surface area (Å²) in [6, 6.07) is 6.69. The number of rotatable bonds is 4. The van der Waals surface area contributed by atoms with Gasteiger partial charge in [0, 0.05) is 32.2 Å². The zero-order valence-corrected chi connectivity index (χ0v) is 8.51. The molecule has 1 aromatic rings. The van der Waals surface area contributed by atoms with Crippen LogP contribution in [0.15, 0.2) is 24.4 Å². The summed E-state index contributed by atoms with van der Waals surface area (Å²) >= 11 is 0. The SMILES string of the molecule is CO[SiH](Cc1ccccn1)OC. The quantitative estimate of drug-likeness (QED) is 0.643. The molecular formula is C8H13NO2Si. The Hall–Kier alpha value is -0.713. The second-order valence-corrected chi connectivity index (χ2v) is 4.64. The molecule has 0 fully saturated rings. The summed E-state index contributed by atoms with van der Waals surface area (Å²) < 4.78 is 10.4. The standard InChI is InChI=1S/C8H13NO2Si/c1-10-12(11-2)7-8-5-3-4-6-9-8/h3-6,12H,7H2,1-2H3. The Morgan fingerprint density at radius 2 is 2.08 bits per heavy atom. The third-order valence-electron chi connectivity index (χ3n) is 1.63. The van der Waals surface area contributed by atoms with Crippen molar-refractivity contribution in [3.8, 4) is 0 Å². The maximum Gasteiger partial charge on any atom is 0.326 e. The Morgan fingerprint density at radius 1 is 1.33 bits per heavy atom. The molecule has 0 spiro atoms. The fourth-order valence-corrected chi connectivity index (χ4v) is 2.06. The van der Waals surface area contributed by atoms with Gasteiger partial charge < -0.3 is 8.85 Å². The lowest BCUT2D eigenvalue weighted by atomic mass is 10.4. The number of pyridine rings is 1. The first-order valence-electron chi connectivity index (χ1n) is 3.82. The van der Waals surface area contributed by atoms with Crippen molar-refractivity contribution in [2.75, 3.05) is 14.2 Å². The van der Waals surface area contributed by atoms with E-state index in [9.17, 15) is 0 Å². The number of hydrogen-bond acceptors (Lipinski definition) is 3. The molecule has 0 saturated heterocycles. The van der Waals surface area contributed by atoms with Crippen molar-refractivity contribution in [2.45, 2.75) is 6.04 Å². The molecule has 0 N–H and O–H groups in total. The van der Waals surface area contributed by atoms with Crippen LogP contribution in [0.4, 0.5) is 0 Å². The summed E-state index contributed by atoms with van der Waals surface area (Å²) in [5.41, 5.74) is 1.04. The van der Waals surface area contributed by atoms with Gasteiger partial charge in [-0.25, -0.2) is 0 Å². The number of nitrogens with zero attached hydrogens (tertiary/aromatic N) is 1. The van der Waals surface area contributed by atoms with E-state index < -0.39 is 9.28 Å². The number of aromatic nitrogens is 1. The molecule has 1 heterocycles. The predicted octanol–water partition coefficient (Wildman–Crippen LogP) is 0.677. The molecule has 0 radical (unpaired) electrons. The third-order valence-corrected chi connectivity index (χ3v) is 3.43. The van der Waals surface area contributed by atoms with E-state index in [0.29, 0.717) is 0 Å². The Labute approximate surface area is 74.2 Å². The molecule has 1 rings (SSSR count). The highest BCUT2D eigenvalue weighted by Gasteiger charge is 2.10. The van der Waals surface area contributed by atoms with Gasteiger partial charge in [-0.2, -0.15) is 0 Å². The Kier molecular flexibility index (Phi) is 3.93. The van der Waals surface area contributed by atoms with Crippen molar-refractivity contribution in [3.05, 3.63) is 30.1 Å². The number of hydrogen-bond donors (Lipinski definition) is 0. The molecule has 0 bridgehead atoms. The van der Waals surface area contributed by atoms with Crippen LogP contribution >= 0.6 is 0 Å². The summed E-state index contributed by atoms with van der Waals surface area (Å²) in [5, 5.41) is 0. The summed E-state index contributed by atoms with van der Waals surface area (Å²) in [7, 11) is 1.89. The molecule has 0 atom stereocenters. The van der Waals surface area contributed by atoms with Crippen LogP contribution in [0.3, 0.4) is 0 Å². The molecule has 0 amide bonds. The lowest BCUT2D eigenvalue weighted by molar-refractivity contribution is 0.276. The van der Waals surface area contributed by atoms with E-state index in [0.717, 1.165) is 11.7 Å². The van der Waals surface area contributed by atoms with E-state index in [1.165, 1.54) is 0 Å². The maximum atomic E-state index is 5.18. The van der Waals surface area contributed by atoms with Gasteiger partial charge in [-0.3, -0.25) is 4.98 Å². The van der Waals surface area contributed by atoms with E-state index in [-0.39, 0.29) is 0 Å². The van der Waals surface area contributed by atoms with Crippen molar-refractivity contribution in [3.63, 3.8) is 0 Å². The molecule has 12 heavy (non-hydrogen) atoms. The Morgan fingerprint density at radius 3 is 2.58 bits per heavy atom. The molecule has 66 valence electrons. The molecule has 0 aliphatic rings. The molecule has 1 aromatic heterocycles. The van der Waals surface area contributed by atoms with Gasteiger partial charge in [0.05, 0.1) is 0 Å². The van der Waals surface area contributed by atoms with Crippen LogP contribution in [0.5, 0.6) is 0 Å². The fourth-order valence-electron chi connectivity index (χ4n) is 0.953. The zero-order valence-electron chi connectivity index (χ0n) is 7.36. The zero-order chi connectivity index (χ0) is 8.81. The summed E-state index contributed by atoms with van der Waals surface area (Å²) in [4.78, 5) is 4.19. The summed E-state index contributed by atoms with van der Waals surface area (Å²) in [5.74, 6) is 0. The highest BCUT2D eigenvalue weighted by molar-refractivity contribution is 6.43. The Balaban J connectivity index is 2.51. The van der Waals surface area contributed by atoms with Gasteiger partial charge in [0.1, 0.15) is 0 Å². The Bertz CT molecular complexity index is 214.